The quantitative estimate of drug-likeness (QED) is 0.366. The normalized spacial score (nSPS) is 9.69. The summed E-state index contributed by atoms with van der Waals surface area (Å²) < 4.78 is 0. The maximum absolute atomic E-state index is 11.1. The van der Waals surface area contributed by atoms with E-state index in [-0.39, 0.29) is 22.8 Å². The van der Waals surface area contributed by atoms with Gasteiger partial charge in [-0.15, -0.1) is 0 Å². The van der Waals surface area contributed by atoms with Crippen molar-refractivity contribution in [2.75, 3.05) is 12.4 Å². The average Bonchev–Trinajstić information content (AvgIpc) is 2.08. The molecular weight excluding hydrogens is 170 g/mol. The molecule has 0 aliphatic carbocycles. The van der Waals surface area contributed by atoms with Crippen LogP contribution in [0.3, 0.4) is 0 Å². The van der Waals surface area contributed by atoms with Crippen molar-refractivity contribution in [2.45, 2.75) is 6.92 Å². The standard InChI is InChI=1S/C9H11NO3/c1-5(11)8-6(10-2)3-4-7(12)9(8)13/h3-4,10,12-13H,1-2H3. The molecule has 1 rings (SSSR count). The van der Waals surface area contributed by atoms with Gasteiger partial charge in [0.2, 0.25) is 0 Å². The average molecular weight is 181 g/mol. The number of anilines is 1. The topological polar surface area (TPSA) is 69.6 Å². The fraction of sp³-hybridized carbons (Fsp3) is 0.222. The first-order valence-corrected chi connectivity index (χ1v) is 3.81. The van der Waals surface area contributed by atoms with Crippen LogP contribution in [-0.4, -0.2) is 23.0 Å². The third-order valence-electron chi connectivity index (χ3n) is 1.78. The Hall–Kier alpha value is -1.71. The molecule has 3 N–H and O–H groups in total. The van der Waals surface area contributed by atoms with Crippen LogP contribution in [-0.2, 0) is 0 Å². The highest BCUT2D eigenvalue weighted by Crippen LogP contribution is 2.34. The highest BCUT2D eigenvalue weighted by Gasteiger charge is 2.14. The lowest BCUT2D eigenvalue weighted by Gasteiger charge is -2.08. The Bertz CT molecular complexity index is 347. The Morgan fingerprint density at radius 1 is 1.38 bits per heavy atom. The van der Waals surface area contributed by atoms with E-state index in [4.69, 9.17) is 5.11 Å². The minimum absolute atomic E-state index is 0.113. The number of benzene rings is 1. The number of hydrogen-bond donors (Lipinski definition) is 3. The fourth-order valence-electron chi connectivity index (χ4n) is 1.14. The van der Waals surface area contributed by atoms with E-state index >= 15 is 0 Å². The largest absolute Gasteiger partial charge is 0.504 e. The number of nitrogens with one attached hydrogen (secondary N) is 1. The van der Waals surface area contributed by atoms with Crippen molar-refractivity contribution in [2.24, 2.45) is 0 Å². The highest BCUT2D eigenvalue weighted by atomic mass is 16.3. The predicted molar refractivity (Wildman–Crippen MR) is 49.3 cm³/mol. The van der Waals surface area contributed by atoms with E-state index in [9.17, 15) is 9.90 Å². The summed E-state index contributed by atoms with van der Waals surface area (Å²) in [7, 11) is 1.64. The molecule has 0 saturated carbocycles. The monoisotopic (exact) mass is 181 g/mol. The van der Waals surface area contributed by atoms with E-state index in [1.165, 1.54) is 19.1 Å². The first-order valence-electron chi connectivity index (χ1n) is 3.81. The number of phenolic OH excluding ortho intramolecular Hbond substituents is 2. The van der Waals surface area contributed by atoms with Gasteiger partial charge in [-0.25, -0.2) is 0 Å². The first-order chi connectivity index (χ1) is 6.07. The van der Waals surface area contributed by atoms with Crippen molar-refractivity contribution in [3.63, 3.8) is 0 Å². The second-order valence-corrected chi connectivity index (χ2v) is 2.66. The SMILES string of the molecule is CNc1ccc(O)c(O)c1C(C)=O. The number of rotatable bonds is 2. The molecule has 0 fully saturated rings. The molecule has 0 radical (unpaired) electrons. The summed E-state index contributed by atoms with van der Waals surface area (Å²) >= 11 is 0. The van der Waals surface area contributed by atoms with Crippen LogP contribution in [0, 0.1) is 0 Å². The van der Waals surface area contributed by atoms with Gasteiger partial charge in [0.1, 0.15) is 0 Å². The molecule has 0 bridgehead atoms. The van der Waals surface area contributed by atoms with Gasteiger partial charge in [-0.1, -0.05) is 0 Å². The Kier molecular flexibility index (Phi) is 2.41. The van der Waals surface area contributed by atoms with Gasteiger partial charge in [-0.05, 0) is 19.1 Å². The summed E-state index contributed by atoms with van der Waals surface area (Å²) in [6.07, 6.45) is 0. The van der Waals surface area contributed by atoms with Crippen molar-refractivity contribution in [1.82, 2.24) is 0 Å². The Balaban J connectivity index is 3.41. The van der Waals surface area contributed by atoms with Crippen LogP contribution in [0.2, 0.25) is 0 Å². The second kappa shape index (κ2) is 3.35. The smallest absolute Gasteiger partial charge is 0.170 e. The highest BCUT2D eigenvalue weighted by molar-refractivity contribution is 6.02. The summed E-state index contributed by atoms with van der Waals surface area (Å²) in [5.41, 5.74) is 0.616. The molecule has 4 nitrogen and oxygen atoms in total. The Labute approximate surface area is 75.8 Å². The zero-order chi connectivity index (χ0) is 10.0. The molecule has 0 heterocycles. The number of hydrogen-bond acceptors (Lipinski definition) is 4. The third kappa shape index (κ3) is 1.56. The van der Waals surface area contributed by atoms with Gasteiger partial charge in [-0.3, -0.25) is 4.79 Å². The number of ketones is 1. The molecule has 4 heteroatoms. The summed E-state index contributed by atoms with van der Waals surface area (Å²) in [5.74, 6) is -0.957. The molecular formula is C9H11NO3. The first kappa shape index (κ1) is 9.38. The van der Waals surface area contributed by atoms with Gasteiger partial charge < -0.3 is 15.5 Å². The van der Waals surface area contributed by atoms with Crippen molar-refractivity contribution in [3.8, 4) is 11.5 Å². The van der Waals surface area contributed by atoms with Crippen LogP contribution in [0.1, 0.15) is 17.3 Å². The van der Waals surface area contributed by atoms with Crippen LogP contribution in [0.15, 0.2) is 12.1 Å². The maximum atomic E-state index is 11.1. The maximum Gasteiger partial charge on any atom is 0.170 e. The van der Waals surface area contributed by atoms with Gasteiger partial charge in [0.15, 0.2) is 17.3 Å². The van der Waals surface area contributed by atoms with Crippen LogP contribution in [0.4, 0.5) is 5.69 Å². The van der Waals surface area contributed by atoms with Crippen molar-refractivity contribution < 1.29 is 15.0 Å². The van der Waals surface area contributed by atoms with E-state index < -0.39 is 0 Å². The fourth-order valence-corrected chi connectivity index (χ4v) is 1.14. The van der Waals surface area contributed by atoms with Crippen molar-refractivity contribution in [3.05, 3.63) is 17.7 Å². The molecule has 0 aromatic heterocycles. The zero-order valence-corrected chi connectivity index (χ0v) is 7.46. The number of phenols is 2. The summed E-state index contributed by atoms with van der Waals surface area (Å²) in [5, 5.41) is 21.3. The Morgan fingerprint density at radius 3 is 2.46 bits per heavy atom. The van der Waals surface area contributed by atoms with E-state index in [2.05, 4.69) is 5.32 Å². The molecule has 0 amide bonds. The summed E-state index contributed by atoms with van der Waals surface area (Å²) in [6, 6.07) is 2.86. The molecule has 0 aliphatic heterocycles. The summed E-state index contributed by atoms with van der Waals surface area (Å²) in [6.45, 7) is 1.33. The van der Waals surface area contributed by atoms with E-state index in [1.807, 2.05) is 0 Å². The van der Waals surface area contributed by atoms with E-state index in [0.29, 0.717) is 5.69 Å². The van der Waals surface area contributed by atoms with Crippen molar-refractivity contribution >= 4 is 11.5 Å². The van der Waals surface area contributed by atoms with E-state index in [1.54, 1.807) is 7.05 Å². The lowest BCUT2D eigenvalue weighted by Crippen LogP contribution is -2.00. The minimum atomic E-state index is -0.376. The zero-order valence-electron chi connectivity index (χ0n) is 7.46. The molecule has 0 atom stereocenters. The van der Waals surface area contributed by atoms with Crippen LogP contribution in [0.5, 0.6) is 11.5 Å². The number of aromatic hydroxyl groups is 2. The van der Waals surface area contributed by atoms with Gasteiger partial charge in [0.25, 0.3) is 0 Å². The minimum Gasteiger partial charge on any atom is -0.504 e. The van der Waals surface area contributed by atoms with Gasteiger partial charge >= 0.3 is 0 Å². The molecule has 70 valence electrons. The van der Waals surface area contributed by atoms with Crippen molar-refractivity contribution in [1.29, 1.82) is 0 Å². The number of Topliss-reactive ketones (excluding diaryl/α,β-unsaturated/α-hetero) is 1. The van der Waals surface area contributed by atoms with Crippen LogP contribution < -0.4 is 5.32 Å². The molecule has 0 spiro atoms. The molecule has 1 aromatic carbocycles. The number of carbonyl (C=O) groups excluding carboxylic acids is 1. The van der Waals surface area contributed by atoms with Gasteiger partial charge in [0.05, 0.1) is 5.56 Å². The van der Waals surface area contributed by atoms with Gasteiger partial charge in [0, 0.05) is 12.7 Å². The predicted octanol–water partition coefficient (Wildman–Crippen LogP) is 1.34. The number of carbonyl (C=O) groups is 1. The molecule has 0 saturated heterocycles. The lowest BCUT2D eigenvalue weighted by atomic mass is 10.1. The summed E-state index contributed by atoms with van der Waals surface area (Å²) in [4.78, 5) is 11.1. The molecule has 13 heavy (non-hydrogen) atoms. The molecule has 1 aromatic rings. The van der Waals surface area contributed by atoms with Gasteiger partial charge in [-0.2, -0.15) is 0 Å². The van der Waals surface area contributed by atoms with E-state index in [0.717, 1.165) is 0 Å². The third-order valence-corrected chi connectivity index (χ3v) is 1.78. The molecule has 0 aliphatic rings. The Morgan fingerprint density at radius 2 is 2.00 bits per heavy atom. The van der Waals surface area contributed by atoms with Crippen LogP contribution in [0.25, 0.3) is 0 Å². The molecule has 0 unspecified atom stereocenters. The lowest BCUT2D eigenvalue weighted by molar-refractivity contribution is 0.101. The van der Waals surface area contributed by atoms with Crippen LogP contribution >= 0.6 is 0 Å². The second-order valence-electron chi connectivity index (χ2n) is 2.66.